The van der Waals surface area contributed by atoms with Crippen LogP contribution in [0, 0.1) is 5.92 Å². The number of nitrogens with one attached hydrogen (secondary N) is 1. The summed E-state index contributed by atoms with van der Waals surface area (Å²) < 4.78 is 5.28. The maximum absolute atomic E-state index is 12.3. The Kier molecular flexibility index (Phi) is 9.90. The molecule has 0 spiro atoms. The number of ether oxygens (including phenoxy) is 1. The average Bonchev–Trinajstić information content (AvgIpc) is 2.45. The van der Waals surface area contributed by atoms with Crippen LogP contribution < -0.4 is 11.1 Å². The maximum atomic E-state index is 12.3. The van der Waals surface area contributed by atoms with Gasteiger partial charge < -0.3 is 15.8 Å². The van der Waals surface area contributed by atoms with Crippen molar-refractivity contribution >= 4 is 30.7 Å². The standard InChI is InChI=1S/C15H29N3O2.2ClH/c1-12-4-3-7-18(11-12)13(2)10-17-14(19)15(16)5-8-20-9-6-15;;/h12-13H,3-11,16H2,1-2H3,(H,17,19);2*1H. The Balaban J connectivity index is 0.00000220. The molecule has 7 heteroatoms. The molecule has 0 aromatic heterocycles. The number of likely N-dealkylation sites (tertiary alicyclic amines) is 1. The van der Waals surface area contributed by atoms with Gasteiger partial charge in [0.1, 0.15) is 0 Å². The molecule has 2 saturated heterocycles. The molecule has 0 bridgehead atoms. The third kappa shape index (κ3) is 5.85. The highest BCUT2D eigenvalue weighted by Crippen LogP contribution is 2.19. The van der Waals surface area contributed by atoms with Gasteiger partial charge in [0.25, 0.3) is 0 Å². The van der Waals surface area contributed by atoms with Crippen LogP contribution in [-0.4, -0.2) is 55.2 Å². The summed E-state index contributed by atoms with van der Waals surface area (Å²) in [5.41, 5.74) is 5.45. The zero-order chi connectivity index (χ0) is 14.6. The highest BCUT2D eigenvalue weighted by Gasteiger charge is 2.36. The number of nitrogens with two attached hydrogens (primary N) is 1. The third-order valence-corrected chi connectivity index (χ3v) is 4.71. The predicted octanol–water partition coefficient (Wildman–Crippen LogP) is 1.57. The van der Waals surface area contributed by atoms with Crippen molar-refractivity contribution in [1.29, 1.82) is 0 Å². The van der Waals surface area contributed by atoms with E-state index in [1.165, 1.54) is 12.8 Å². The summed E-state index contributed by atoms with van der Waals surface area (Å²) in [7, 11) is 0. The molecule has 132 valence electrons. The maximum Gasteiger partial charge on any atom is 0.240 e. The lowest BCUT2D eigenvalue weighted by Crippen LogP contribution is -2.58. The first kappa shape index (κ1) is 21.9. The molecule has 2 aliphatic heterocycles. The van der Waals surface area contributed by atoms with E-state index in [1.54, 1.807) is 0 Å². The van der Waals surface area contributed by atoms with E-state index in [-0.39, 0.29) is 30.7 Å². The lowest BCUT2D eigenvalue weighted by molar-refractivity contribution is -0.130. The third-order valence-electron chi connectivity index (χ3n) is 4.71. The SMILES string of the molecule is CC1CCCN(C(C)CNC(=O)C2(N)CCOCC2)C1.Cl.Cl. The molecular weight excluding hydrogens is 325 g/mol. The van der Waals surface area contributed by atoms with Gasteiger partial charge in [0.15, 0.2) is 0 Å². The molecule has 2 rings (SSSR count). The van der Waals surface area contributed by atoms with Gasteiger partial charge in [0, 0.05) is 32.3 Å². The van der Waals surface area contributed by atoms with Gasteiger partial charge in [0.2, 0.25) is 5.91 Å². The Labute approximate surface area is 146 Å². The van der Waals surface area contributed by atoms with E-state index in [4.69, 9.17) is 10.5 Å². The van der Waals surface area contributed by atoms with Gasteiger partial charge in [-0.1, -0.05) is 6.92 Å². The first-order chi connectivity index (χ1) is 9.51. The van der Waals surface area contributed by atoms with Crippen LogP contribution in [0.3, 0.4) is 0 Å². The van der Waals surface area contributed by atoms with Crippen molar-refractivity contribution in [2.24, 2.45) is 11.7 Å². The summed E-state index contributed by atoms with van der Waals surface area (Å²) in [5, 5.41) is 3.04. The minimum Gasteiger partial charge on any atom is -0.381 e. The van der Waals surface area contributed by atoms with Gasteiger partial charge in [-0.3, -0.25) is 9.69 Å². The van der Waals surface area contributed by atoms with E-state index in [0.29, 0.717) is 38.6 Å². The average molecular weight is 356 g/mol. The second-order valence-electron chi connectivity index (χ2n) is 6.57. The molecule has 0 aromatic carbocycles. The monoisotopic (exact) mass is 355 g/mol. The predicted molar refractivity (Wildman–Crippen MR) is 93.9 cm³/mol. The van der Waals surface area contributed by atoms with Crippen LogP contribution >= 0.6 is 24.8 Å². The summed E-state index contributed by atoms with van der Waals surface area (Å²) in [6, 6.07) is 0.380. The number of hydrogen-bond acceptors (Lipinski definition) is 4. The molecular formula is C15H31Cl2N3O2. The minimum atomic E-state index is -0.729. The molecule has 2 aliphatic rings. The Morgan fingerprint density at radius 1 is 1.41 bits per heavy atom. The van der Waals surface area contributed by atoms with Crippen LogP contribution in [0.1, 0.15) is 39.5 Å². The van der Waals surface area contributed by atoms with Crippen molar-refractivity contribution in [2.45, 2.75) is 51.1 Å². The van der Waals surface area contributed by atoms with Gasteiger partial charge in [-0.15, -0.1) is 24.8 Å². The first-order valence-electron chi connectivity index (χ1n) is 7.90. The smallest absolute Gasteiger partial charge is 0.240 e. The molecule has 2 unspecified atom stereocenters. The quantitative estimate of drug-likeness (QED) is 0.803. The van der Waals surface area contributed by atoms with Gasteiger partial charge in [-0.25, -0.2) is 0 Å². The van der Waals surface area contributed by atoms with Gasteiger partial charge in [0.05, 0.1) is 5.54 Å². The molecule has 2 heterocycles. The lowest BCUT2D eigenvalue weighted by Gasteiger charge is -2.37. The van der Waals surface area contributed by atoms with E-state index < -0.39 is 5.54 Å². The number of carbonyl (C=O) groups excluding carboxylic acids is 1. The summed E-state index contributed by atoms with van der Waals surface area (Å²) >= 11 is 0. The van der Waals surface area contributed by atoms with Crippen molar-refractivity contribution < 1.29 is 9.53 Å². The van der Waals surface area contributed by atoms with Crippen LogP contribution in [0.25, 0.3) is 0 Å². The van der Waals surface area contributed by atoms with Crippen LogP contribution in [0.5, 0.6) is 0 Å². The molecule has 1 amide bonds. The van der Waals surface area contributed by atoms with E-state index >= 15 is 0 Å². The van der Waals surface area contributed by atoms with Crippen molar-refractivity contribution in [2.75, 3.05) is 32.8 Å². The summed E-state index contributed by atoms with van der Waals surface area (Å²) in [5.74, 6) is 0.746. The second kappa shape index (κ2) is 9.93. The molecule has 0 radical (unpaired) electrons. The van der Waals surface area contributed by atoms with Crippen molar-refractivity contribution in [3.63, 3.8) is 0 Å². The van der Waals surface area contributed by atoms with Crippen molar-refractivity contribution in [3.8, 4) is 0 Å². The topological polar surface area (TPSA) is 67.6 Å². The lowest BCUT2D eigenvalue weighted by atomic mass is 9.90. The largest absolute Gasteiger partial charge is 0.381 e. The number of nitrogens with zero attached hydrogens (tertiary/aromatic N) is 1. The highest BCUT2D eigenvalue weighted by atomic mass is 35.5. The van der Waals surface area contributed by atoms with Crippen molar-refractivity contribution in [3.05, 3.63) is 0 Å². The molecule has 3 N–H and O–H groups in total. The van der Waals surface area contributed by atoms with E-state index in [0.717, 1.165) is 19.0 Å². The van der Waals surface area contributed by atoms with Gasteiger partial charge >= 0.3 is 0 Å². The highest BCUT2D eigenvalue weighted by molar-refractivity contribution is 5.86. The number of carbonyl (C=O) groups is 1. The Morgan fingerprint density at radius 2 is 2.05 bits per heavy atom. The molecule has 2 fully saturated rings. The molecule has 2 atom stereocenters. The van der Waals surface area contributed by atoms with Crippen molar-refractivity contribution in [1.82, 2.24) is 10.2 Å². The molecule has 0 saturated carbocycles. The molecule has 0 aliphatic carbocycles. The zero-order valence-corrected chi connectivity index (χ0v) is 15.3. The molecule has 0 aromatic rings. The Morgan fingerprint density at radius 3 is 2.64 bits per heavy atom. The fourth-order valence-electron chi connectivity index (χ4n) is 3.13. The second-order valence-corrected chi connectivity index (χ2v) is 6.57. The number of amides is 1. The van der Waals surface area contributed by atoms with Gasteiger partial charge in [-0.2, -0.15) is 0 Å². The number of rotatable bonds is 4. The number of halogens is 2. The summed E-state index contributed by atoms with van der Waals surface area (Å²) in [4.78, 5) is 14.7. The number of hydrogen-bond donors (Lipinski definition) is 2. The molecule has 5 nitrogen and oxygen atoms in total. The minimum absolute atomic E-state index is 0. The fourth-order valence-corrected chi connectivity index (χ4v) is 3.13. The zero-order valence-electron chi connectivity index (χ0n) is 13.7. The van der Waals surface area contributed by atoms with Crippen LogP contribution in [0.2, 0.25) is 0 Å². The number of piperidine rings is 1. The van der Waals surface area contributed by atoms with Gasteiger partial charge in [-0.05, 0) is 45.1 Å². The van der Waals surface area contributed by atoms with E-state index in [1.807, 2.05) is 0 Å². The van der Waals surface area contributed by atoms with E-state index in [9.17, 15) is 4.79 Å². The fraction of sp³-hybridized carbons (Fsp3) is 0.933. The van der Waals surface area contributed by atoms with E-state index in [2.05, 4.69) is 24.1 Å². The van der Waals surface area contributed by atoms with Crippen LogP contribution in [-0.2, 0) is 9.53 Å². The Bertz CT molecular complexity index is 339. The van der Waals surface area contributed by atoms with Crippen LogP contribution in [0.15, 0.2) is 0 Å². The normalized spacial score (nSPS) is 26.2. The first-order valence-corrected chi connectivity index (χ1v) is 7.90. The van der Waals surface area contributed by atoms with Crippen LogP contribution in [0.4, 0.5) is 0 Å². The Hall–Kier alpha value is -0.0700. The summed E-state index contributed by atoms with van der Waals surface area (Å²) in [6.45, 7) is 8.62. The summed E-state index contributed by atoms with van der Waals surface area (Å²) in [6.07, 6.45) is 3.82. The molecule has 22 heavy (non-hydrogen) atoms.